The first kappa shape index (κ1) is 8.02. The Bertz CT molecular complexity index is 81.3. The van der Waals surface area contributed by atoms with Gasteiger partial charge in [-0.2, -0.15) is 0 Å². The summed E-state index contributed by atoms with van der Waals surface area (Å²) in [5, 5.41) is 3.41. The van der Waals surface area contributed by atoms with E-state index in [2.05, 4.69) is 24.1 Å². The summed E-state index contributed by atoms with van der Waals surface area (Å²) in [4.78, 5) is 2.55. The number of piperazine rings is 1. The van der Waals surface area contributed by atoms with Gasteiger partial charge in [0.05, 0.1) is 0 Å². The topological polar surface area (TPSA) is 15.3 Å². The fourth-order valence-electron chi connectivity index (χ4n) is 1.62. The average molecular weight is 142 g/mol. The van der Waals surface area contributed by atoms with Crippen molar-refractivity contribution < 1.29 is 0 Å². The highest BCUT2D eigenvalue weighted by Crippen LogP contribution is 2.05. The second-order valence-corrected chi connectivity index (χ2v) is 2.89. The number of hydrogen-bond acceptors (Lipinski definition) is 2. The monoisotopic (exact) mass is 142 g/mol. The molecule has 2 nitrogen and oxygen atoms in total. The highest BCUT2D eigenvalue weighted by Gasteiger charge is 2.17. The van der Waals surface area contributed by atoms with Crippen LogP contribution in [0.4, 0.5) is 0 Å². The van der Waals surface area contributed by atoms with Gasteiger partial charge in [-0.25, -0.2) is 0 Å². The lowest BCUT2D eigenvalue weighted by atomic mass is 10.1. The molecule has 0 bridgehead atoms. The molecule has 10 heavy (non-hydrogen) atoms. The van der Waals surface area contributed by atoms with Crippen LogP contribution in [-0.4, -0.2) is 37.1 Å². The van der Waals surface area contributed by atoms with Crippen LogP contribution in [0, 0.1) is 0 Å². The summed E-state index contributed by atoms with van der Waals surface area (Å²) in [5.74, 6) is 0. The first-order valence-electron chi connectivity index (χ1n) is 4.33. The second-order valence-electron chi connectivity index (χ2n) is 2.89. The van der Waals surface area contributed by atoms with Gasteiger partial charge in [0.25, 0.3) is 0 Å². The number of likely N-dealkylation sites (N-methyl/N-ethyl adjacent to an activating group) is 1. The molecule has 0 aromatic heterocycles. The zero-order chi connectivity index (χ0) is 7.40. The lowest BCUT2D eigenvalue weighted by Gasteiger charge is -2.34. The van der Waals surface area contributed by atoms with Crippen molar-refractivity contribution in [3.63, 3.8) is 0 Å². The van der Waals surface area contributed by atoms with Crippen molar-refractivity contribution in [3.05, 3.63) is 0 Å². The Hall–Kier alpha value is -0.0800. The van der Waals surface area contributed by atoms with Gasteiger partial charge in [0.1, 0.15) is 0 Å². The van der Waals surface area contributed by atoms with Gasteiger partial charge in [0.15, 0.2) is 0 Å². The van der Waals surface area contributed by atoms with Gasteiger partial charge in [-0.15, -0.1) is 0 Å². The fourth-order valence-corrected chi connectivity index (χ4v) is 1.62. The van der Waals surface area contributed by atoms with Crippen LogP contribution in [0.1, 0.15) is 20.3 Å². The fraction of sp³-hybridized carbons (Fsp3) is 1.00. The molecule has 60 valence electrons. The van der Waals surface area contributed by atoms with Gasteiger partial charge in [-0.05, 0) is 13.0 Å². The first-order chi connectivity index (χ1) is 4.88. The van der Waals surface area contributed by atoms with Gasteiger partial charge in [-0.1, -0.05) is 13.8 Å². The summed E-state index contributed by atoms with van der Waals surface area (Å²) in [6.07, 6.45) is 1.28. The lowest BCUT2D eigenvalue weighted by molar-refractivity contribution is 0.165. The van der Waals surface area contributed by atoms with E-state index in [9.17, 15) is 0 Å². The minimum absolute atomic E-state index is 0.791. The van der Waals surface area contributed by atoms with E-state index >= 15 is 0 Å². The third-order valence-electron chi connectivity index (χ3n) is 2.35. The Balaban J connectivity index is 2.34. The van der Waals surface area contributed by atoms with Crippen molar-refractivity contribution in [2.24, 2.45) is 0 Å². The van der Waals surface area contributed by atoms with Crippen LogP contribution in [-0.2, 0) is 0 Å². The van der Waals surface area contributed by atoms with Crippen LogP contribution in [0.3, 0.4) is 0 Å². The summed E-state index contributed by atoms with van der Waals surface area (Å²) < 4.78 is 0. The first-order valence-corrected chi connectivity index (χ1v) is 4.33. The standard InChI is InChI=1S/C8H18N2/c1-3-8-7-9-5-6-10(8)4-2/h8-9H,3-7H2,1-2H3. The zero-order valence-electron chi connectivity index (χ0n) is 7.06. The van der Waals surface area contributed by atoms with E-state index in [-0.39, 0.29) is 0 Å². The molecule has 1 fully saturated rings. The molecule has 0 saturated carbocycles. The van der Waals surface area contributed by atoms with Crippen LogP contribution in [0.15, 0.2) is 0 Å². The molecule has 1 saturated heterocycles. The van der Waals surface area contributed by atoms with Gasteiger partial charge in [0.2, 0.25) is 0 Å². The number of nitrogens with zero attached hydrogens (tertiary/aromatic N) is 1. The van der Waals surface area contributed by atoms with Gasteiger partial charge >= 0.3 is 0 Å². The minimum Gasteiger partial charge on any atom is -0.314 e. The molecule has 0 radical (unpaired) electrons. The maximum atomic E-state index is 3.41. The Kier molecular flexibility index (Phi) is 3.16. The molecule has 0 aromatic carbocycles. The molecular weight excluding hydrogens is 124 g/mol. The van der Waals surface area contributed by atoms with Crippen molar-refractivity contribution in [3.8, 4) is 0 Å². The molecule has 1 N–H and O–H groups in total. The SMILES string of the molecule is CCC1CNCCN1CC. The van der Waals surface area contributed by atoms with Crippen molar-refractivity contribution >= 4 is 0 Å². The summed E-state index contributed by atoms with van der Waals surface area (Å²) in [6.45, 7) is 9.30. The summed E-state index contributed by atoms with van der Waals surface area (Å²) in [7, 11) is 0. The molecule has 2 heteroatoms. The van der Waals surface area contributed by atoms with Crippen molar-refractivity contribution in [1.29, 1.82) is 0 Å². The van der Waals surface area contributed by atoms with Crippen molar-refractivity contribution in [1.82, 2.24) is 10.2 Å². The van der Waals surface area contributed by atoms with Gasteiger partial charge < -0.3 is 5.32 Å². The molecule has 0 aliphatic carbocycles. The Morgan fingerprint density at radius 1 is 1.50 bits per heavy atom. The van der Waals surface area contributed by atoms with E-state index in [0.717, 1.165) is 6.04 Å². The molecule has 1 heterocycles. The number of rotatable bonds is 2. The predicted molar refractivity (Wildman–Crippen MR) is 44.2 cm³/mol. The number of hydrogen-bond donors (Lipinski definition) is 1. The molecule has 0 spiro atoms. The van der Waals surface area contributed by atoms with E-state index in [4.69, 9.17) is 0 Å². The van der Waals surface area contributed by atoms with E-state index in [0.29, 0.717) is 0 Å². The molecule has 1 aliphatic rings. The van der Waals surface area contributed by atoms with Crippen LogP contribution in [0.2, 0.25) is 0 Å². The van der Waals surface area contributed by atoms with E-state index in [1.165, 1.54) is 32.6 Å². The predicted octanol–water partition coefficient (Wildman–Crippen LogP) is 0.690. The normalized spacial score (nSPS) is 28.8. The largest absolute Gasteiger partial charge is 0.314 e. The van der Waals surface area contributed by atoms with Crippen LogP contribution in [0.25, 0.3) is 0 Å². The summed E-state index contributed by atoms with van der Waals surface area (Å²) in [5.41, 5.74) is 0. The Morgan fingerprint density at radius 3 is 2.80 bits per heavy atom. The quantitative estimate of drug-likeness (QED) is 0.610. The van der Waals surface area contributed by atoms with E-state index in [1.807, 2.05) is 0 Å². The van der Waals surface area contributed by atoms with E-state index in [1.54, 1.807) is 0 Å². The lowest BCUT2D eigenvalue weighted by Crippen LogP contribution is -2.50. The zero-order valence-corrected chi connectivity index (χ0v) is 7.06. The van der Waals surface area contributed by atoms with Crippen LogP contribution < -0.4 is 5.32 Å². The third kappa shape index (κ3) is 1.70. The molecular formula is C8H18N2. The highest BCUT2D eigenvalue weighted by atomic mass is 15.2. The average Bonchev–Trinajstić information content (AvgIpc) is 2.04. The van der Waals surface area contributed by atoms with Crippen molar-refractivity contribution in [2.45, 2.75) is 26.3 Å². The maximum Gasteiger partial charge on any atom is 0.0218 e. The Morgan fingerprint density at radius 2 is 2.30 bits per heavy atom. The third-order valence-corrected chi connectivity index (χ3v) is 2.35. The summed E-state index contributed by atoms with van der Waals surface area (Å²) >= 11 is 0. The molecule has 1 unspecified atom stereocenters. The molecule has 0 amide bonds. The molecule has 1 atom stereocenters. The summed E-state index contributed by atoms with van der Waals surface area (Å²) in [6, 6.07) is 0.791. The smallest absolute Gasteiger partial charge is 0.0218 e. The van der Waals surface area contributed by atoms with Gasteiger partial charge in [-0.3, -0.25) is 4.90 Å². The minimum atomic E-state index is 0.791. The highest BCUT2D eigenvalue weighted by molar-refractivity contribution is 4.77. The molecule has 1 aliphatic heterocycles. The van der Waals surface area contributed by atoms with Crippen molar-refractivity contribution in [2.75, 3.05) is 26.2 Å². The Labute approximate surface area is 63.6 Å². The van der Waals surface area contributed by atoms with Crippen LogP contribution >= 0.6 is 0 Å². The maximum absolute atomic E-state index is 3.41. The van der Waals surface area contributed by atoms with Crippen LogP contribution in [0.5, 0.6) is 0 Å². The second kappa shape index (κ2) is 3.94. The molecule has 0 aromatic rings. The van der Waals surface area contributed by atoms with E-state index < -0.39 is 0 Å². The molecule has 1 rings (SSSR count). The van der Waals surface area contributed by atoms with Gasteiger partial charge in [0, 0.05) is 25.7 Å². The number of nitrogens with one attached hydrogen (secondary N) is 1.